The summed E-state index contributed by atoms with van der Waals surface area (Å²) in [7, 11) is 0. The largest absolute Gasteiger partial charge is 0.481 e. The third-order valence-electron chi connectivity index (χ3n) is 7.25. The average Bonchev–Trinajstić information content (AvgIpc) is 3.35. The van der Waals surface area contributed by atoms with Crippen molar-refractivity contribution in [2.75, 3.05) is 13.2 Å². The summed E-state index contributed by atoms with van der Waals surface area (Å²) >= 11 is 0. The van der Waals surface area contributed by atoms with E-state index in [4.69, 9.17) is 9.84 Å². The summed E-state index contributed by atoms with van der Waals surface area (Å²) in [6.07, 6.45) is 2.18. The maximum Gasteiger partial charge on any atom is 0.407 e. The van der Waals surface area contributed by atoms with Gasteiger partial charge in [0.25, 0.3) is 0 Å². The Morgan fingerprint density at radius 2 is 1.61 bits per heavy atom. The number of amides is 2. The zero-order chi connectivity index (χ0) is 22.9. The van der Waals surface area contributed by atoms with E-state index in [2.05, 4.69) is 34.9 Å². The first-order chi connectivity index (χ1) is 16.0. The molecule has 7 heteroatoms. The molecule has 0 saturated heterocycles. The smallest absolute Gasteiger partial charge is 0.407 e. The van der Waals surface area contributed by atoms with Crippen molar-refractivity contribution in [1.29, 1.82) is 0 Å². The van der Waals surface area contributed by atoms with Crippen molar-refractivity contribution in [3.05, 3.63) is 59.7 Å². The minimum Gasteiger partial charge on any atom is -0.481 e. The highest BCUT2D eigenvalue weighted by atomic mass is 16.5. The van der Waals surface area contributed by atoms with Crippen LogP contribution in [-0.2, 0) is 14.3 Å². The summed E-state index contributed by atoms with van der Waals surface area (Å²) in [4.78, 5) is 35.8. The van der Waals surface area contributed by atoms with Gasteiger partial charge in [-0.1, -0.05) is 48.5 Å². The SMILES string of the molecule is O=C(NC1CCC(C(=O)NCC2CC2C(=O)O)C1)OCC1c2ccccc2-c2ccccc21. The van der Waals surface area contributed by atoms with Crippen LogP contribution in [0.5, 0.6) is 0 Å². The predicted molar refractivity (Wildman–Crippen MR) is 122 cm³/mol. The molecule has 4 atom stereocenters. The number of aliphatic carboxylic acids is 1. The van der Waals surface area contributed by atoms with Crippen LogP contribution in [0.25, 0.3) is 11.1 Å². The Labute approximate surface area is 192 Å². The highest BCUT2D eigenvalue weighted by Crippen LogP contribution is 2.44. The normalized spacial score (nSPS) is 25.1. The van der Waals surface area contributed by atoms with E-state index < -0.39 is 12.1 Å². The van der Waals surface area contributed by atoms with Gasteiger partial charge < -0.3 is 20.5 Å². The van der Waals surface area contributed by atoms with Gasteiger partial charge in [0.1, 0.15) is 6.61 Å². The topological polar surface area (TPSA) is 105 Å². The van der Waals surface area contributed by atoms with Gasteiger partial charge >= 0.3 is 12.1 Å². The average molecular weight is 449 g/mol. The molecular formula is C26H28N2O5. The number of hydrogen-bond acceptors (Lipinski definition) is 4. The van der Waals surface area contributed by atoms with Crippen LogP contribution in [0, 0.1) is 17.8 Å². The van der Waals surface area contributed by atoms with Gasteiger partial charge in [0.2, 0.25) is 5.91 Å². The van der Waals surface area contributed by atoms with Gasteiger partial charge in [-0.15, -0.1) is 0 Å². The van der Waals surface area contributed by atoms with E-state index in [1.165, 1.54) is 22.3 Å². The fourth-order valence-electron chi connectivity index (χ4n) is 5.31. The lowest BCUT2D eigenvalue weighted by Gasteiger charge is -2.17. The van der Waals surface area contributed by atoms with E-state index in [1.807, 2.05) is 24.3 Å². The molecule has 2 amide bonds. The molecule has 7 nitrogen and oxygen atoms in total. The minimum absolute atomic E-state index is 0.0160. The Balaban J connectivity index is 1.09. The molecule has 2 fully saturated rings. The second-order valence-corrected chi connectivity index (χ2v) is 9.36. The van der Waals surface area contributed by atoms with E-state index >= 15 is 0 Å². The van der Waals surface area contributed by atoms with Crippen LogP contribution in [0.4, 0.5) is 4.79 Å². The molecule has 2 aromatic carbocycles. The molecule has 0 aromatic heterocycles. The van der Waals surface area contributed by atoms with Gasteiger partial charge in [-0.05, 0) is 53.9 Å². The number of hydrogen-bond donors (Lipinski definition) is 3. The summed E-state index contributed by atoms with van der Waals surface area (Å²) in [5.41, 5.74) is 4.72. The highest BCUT2D eigenvalue weighted by Gasteiger charge is 2.43. The molecular weight excluding hydrogens is 420 g/mol. The first kappa shape index (κ1) is 21.5. The van der Waals surface area contributed by atoms with Gasteiger partial charge in [-0.2, -0.15) is 0 Å². The summed E-state index contributed by atoms with van der Waals surface area (Å²) in [5, 5.41) is 14.8. The molecule has 0 heterocycles. The molecule has 2 aromatic rings. The quantitative estimate of drug-likeness (QED) is 0.601. The van der Waals surface area contributed by atoms with Crippen LogP contribution in [0.15, 0.2) is 48.5 Å². The summed E-state index contributed by atoms with van der Waals surface area (Å²) in [6.45, 7) is 0.680. The molecule has 3 aliphatic carbocycles. The number of fused-ring (bicyclic) bond motifs is 3. The molecule has 0 bridgehead atoms. The van der Waals surface area contributed by atoms with Crippen LogP contribution >= 0.6 is 0 Å². The van der Waals surface area contributed by atoms with Gasteiger partial charge in [0, 0.05) is 24.4 Å². The number of alkyl carbamates (subject to hydrolysis) is 1. The molecule has 3 aliphatic rings. The van der Waals surface area contributed by atoms with Gasteiger partial charge in [0.15, 0.2) is 0 Å². The number of benzene rings is 2. The Morgan fingerprint density at radius 3 is 2.24 bits per heavy atom. The van der Waals surface area contributed by atoms with E-state index in [1.54, 1.807) is 0 Å². The number of carbonyl (C=O) groups is 3. The Bertz CT molecular complexity index is 1040. The van der Waals surface area contributed by atoms with Gasteiger partial charge in [-0.25, -0.2) is 4.79 Å². The van der Waals surface area contributed by atoms with E-state index in [0.29, 0.717) is 25.8 Å². The number of carbonyl (C=O) groups excluding carboxylic acids is 2. The molecule has 172 valence electrons. The van der Waals surface area contributed by atoms with Crippen molar-refractivity contribution in [2.45, 2.75) is 37.6 Å². The third kappa shape index (κ3) is 4.45. The Morgan fingerprint density at radius 1 is 0.939 bits per heavy atom. The van der Waals surface area contributed by atoms with E-state index in [9.17, 15) is 14.4 Å². The summed E-state index contributed by atoms with van der Waals surface area (Å²) < 4.78 is 5.61. The monoisotopic (exact) mass is 448 g/mol. The number of carboxylic acids is 1. The molecule has 5 rings (SSSR count). The van der Waals surface area contributed by atoms with Crippen molar-refractivity contribution in [3.8, 4) is 11.1 Å². The lowest BCUT2D eigenvalue weighted by atomic mass is 9.98. The fraction of sp³-hybridized carbons (Fsp3) is 0.423. The summed E-state index contributed by atoms with van der Waals surface area (Å²) in [5.74, 6) is -1.27. The first-order valence-electron chi connectivity index (χ1n) is 11.6. The van der Waals surface area contributed by atoms with E-state index in [-0.39, 0.29) is 42.2 Å². The summed E-state index contributed by atoms with van der Waals surface area (Å²) in [6, 6.07) is 16.3. The molecule has 0 radical (unpaired) electrons. The number of rotatable bonds is 7. The molecule has 2 saturated carbocycles. The van der Waals surface area contributed by atoms with Crippen molar-refractivity contribution in [3.63, 3.8) is 0 Å². The lowest BCUT2D eigenvalue weighted by molar-refractivity contribution is -0.139. The van der Waals surface area contributed by atoms with Gasteiger partial charge in [-0.3, -0.25) is 9.59 Å². The predicted octanol–water partition coefficient (Wildman–Crippen LogP) is 3.53. The second-order valence-electron chi connectivity index (χ2n) is 9.36. The Kier molecular flexibility index (Phi) is 5.79. The molecule has 0 spiro atoms. The van der Waals surface area contributed by atoms with Crippen LogP contribution in [0.3, 0.4) is 0 Å². The fourth-order valence-corrected chi connectivity index (χ4v) is 5.31. The number of ether oxygens (including phenoxy) is 1. The highest BCUT2D eigenvalue weighted by molar-refractivity contribution is 5.80. The van der Waals surface area contributed by atoms with Crippen molar-refractivity contribution < 1.29 is 24.2 Å². The van der Waals surface area contributed by atoms with Crippen LogP contribution in [0.1, 0.15) is 42.7 Å². The maximum absolute atomic E-state index is 12.5. The molecule has 33 heavy (non-hydrogen) atoms. The maximum atomic E-state index is 12.5. The Hall–Kier alpha value is -3.35. The molecule has 4 unspecified atom stereocenters. The van der Waals surface area contributed by atoms with Crippen LogP contribution in [-0.4, -0.2) is 42.3 Å². The van der Waals surface area contributed by atoms with E-state index in [0.717, 1.165) is 6.42 Å². The number of nitrogens with one attached hydrogen (secondary N) is 2. The standard InChI is InChI=1S/C26H28N2O5/c29-24(27-13-16-12-22(16)25(30)31)15-9-10-17(11-15)28-26(32)33-14-23-20-7-3-1-5-18(20)19-6-2-4-8-21(19)23/h1-8,15-17,22-23H,9-14H2,(H,27,29)(H,28,32)(H,30,31). The first-order valence-corrected chi connectivity index (χ1v) is 11.6. The zero-order valence-corrected chi connectivity index (χ0v) is 18.3. The molecule has 3 N–H and O–H groups in total. The van der Waals surface area contributed by atoms with Crippen molar-refractivity contribution >= 4 is 18.0 Å². The van der Waals surface area contributed by atoms with Crippen LogP contribution in [0.2, 0.25) is 0 Å². The van der Waals surface area contributed by atoms with Crippen LogP contribution < -0.4 is 10.6 Å². The van der Waals surface area contributed by atoms with Gasteiger partial charge in [0.05, 0.1) is 5.92 Å². The number of carboxylic acid groups (broad SMARTS) is 1. The van der Waals surface area contributed by atoms with Crippen molar-refractivity contribution in [2.24, 2.45) is 17.8 Å². The third-order valence-corrected chi connectivity index (χ3v) is 7.25. The minimum atomic E-state index is -0.789. The second kappa shape index (κ2) is 8.89. The molecule has 0 aliphatic heterocycles. The lowest BCUT2D eigenvalue weighted by Crippen LogP contribution is -2.36. The zero-order valence-electron chi connectivity index (χ0n) is 18.3. The van der Waals surface area contributed by atoms with Crippen molar-refractivity contribution in [1.82, 2.24) is 10.6 Å².